The first-order chi connectivity index (χ1) is 12.0. The lowest BCUT2D eigenvalue weighted by Gasteiger charge is -2.37. The quantitative estimate of drug-likeness (QED) is 0.351. The van der Waals surface area contributed by atoms with E-state index in [1.165, 1.54) is 0 Å². The van der Waals surface area contributed by atoms with E-state index in [1.54, 1.807) is 0 Å². The van der Waals surface area contributed by atoms with Gasteiger partial charge in [0.1, 0.15) is 0 Å². The predicted molar refractivity (Wildman–Crippen MR) is 107 cm³/mol. The fourth-order valence-electron chi connectivity index (χ4n) is 2.75. The number of hydrogen-bond donors (Lipinski definition) is 0. The van der Waals surface area contributed by atoms with E-state index in [9.17, 15) is 4.57 Å². The van der Waals surface area contributed by atoms with Crippen molar-refractivity contribution in [2.24, 2.45) is 5.92 Å². The molecule has 1 aliphatic rings. The van der Waals surface area contributed by atoms with Crippen molar-refractivity contribution in [2.45, 2.75) is 78.5 Å². The Kier molecular flexibility index (Phi) is 9.48. The zero-order valence-electron chi connectivity index (χ0n) is 17.9. The second-order valence-electron chi connectivity index (χ2n) is 8.26. The Morgan fingerprint density at radius 2 is 1.65 bits per heavy atom. The molecule has 1 fully saturated rings. The molecule has 0 N–H and O–H groups in total. The summed E-state index contributed by atoms with van der Waals surface area (Å²) < 4.78 is 42.0. The molecule has 26 heavy (non-hydrogen) atoms. The van der Waals surface area contributed by atoms with Crippen LogP contribution < -0.4 is 0 Å². The third kappa shape index (κ3) is 7.01. The van der Waals surface area contributed by atoms with E-state index in [-0.39, 0.29) is 23.4 Å². The van der Waals surface area contributed by atoms with Gasteiger partial charge in [0.05, 0.1) is 32.1 Å². The first kappa shape index (κ1) is 24.3. The lowest BCUT2D eigenvalue weighted by atomic mass is 10.0. The maximum atomic E-state index is 13.0. The van der Waals surface area contributed by atoms with Crippen molar-refractivity contribution >= 4 is 15.9 Å². The molecule has 0 bridgehead atoms. The number of rotatable bonds is 11. The average molecular weight is 411 g/mol. The van der Waals surface area contributed by atoms with Crippen LogP contribution in [0.2, 0.25) is 18.1 Å². The zero-order valence-corrected chi connectivity index (χ0v) is 19.8. The molecule has 156 valence electrons. The minimum atomic E-state index is -3.13. The van der Waals surface area contributed by atoms with Gasteiger partial charge >= 0.3 is 7.60 Å². The minimum Gasteiger partial charge on any atom is -0.414 e. The standard InChI is InChI=1S/C18H39O6PSi/c1-9-20-17-12-15(14-25(19,21-10-2)22-11-3)16(24-17)13-23-26(7,8)18(4,5)6/h15-17H,9-14H2,1-8H3/t15-,16-,17?/m1/s1. The molecule has 1 saturated heterocycles. The van der Waals surface area contributed by atoms with Gasteiger partial charge in [-0.05, 0) is 38.9 Å². The van der Waals surface area contributed by atoms with Crippen LogP contribution in [0.3, 0.4) is 0 Å². The molecular weight excluding hydrogens is 371 g/mol. The van der Waals surface area contributed by atoms with Crippen molar-refractivity contribution in [1.29, 1.82) is 0 Å². The van der Waals surface area contributed by atoms with Crippen LogP contribution in [0.15, 0.2) is 0 Å². The second-order valence-corrected chi connectivity index (χ2v) is 15.2. The molecule has 0 spiro atoms. The Morgan fingerprint density at radius 3 is 2.12 bits per heavy atom. The van der Waals surface area contributed by atoms with Crippen molar-refractivity contribution in [2.75, 3.05) is 32.6 Å². The summed E-state index contributed by atoms with van der Waals surface area (Å²) >= 11 is 0. The molecule has 0 aromatic heterocycles. The summed E-state index contributed by atoms with van der Waals surface area (Å²) in [5.41, 5.74) is 0. The van der Waals surface area contributed by atoms with Gasteiger partial charge in [-0.2, -0.15) is 0 Å². The molecule has 0 amide bonds. The van der Waals surface area contributed by atoms with E-state index in [2.05, 4.69) is 33.9 Å². The third-order valence-corrected chi connectivity index (χ3v) is 11.9. The second kappa shape index (κ2) is 10.1. The van der Waals surface area contributed by atoms with E-state index in [4.69, 9.17) is 22.9 Å². The van der Waals surface area contributed by atoms with Gasteiger partial charge in [-0.15, -0.1) is 0 Å². The molecule has 1 heterocycles. The SMILES string of the molecule is CCOC1C[C@H](CP(=O)(OCC)OCC)[C@@H](CO[Si](C)(C)C(C)(C)C)O1. The molecule has 1 rings (SSSR count). The molecule has 3 atom stereocenters. The first-order valence-corrected chi connectivity index (χ1v) is 14.4. The Hall–Kier alpha value is 0.247. The van der Waals surface area contributed by atoms with E-state index < -0.39 is 15.9 Å². The Labute approximate surface area is 160 Å². The fraction of sp³-hybridized carbons (Fsp3) is 1.00. The highest BCUT2D eigenvalue weighted by molar-refractivity contribution is 7.53. The Bertz CT molecular complexity index is 455. The normalized spacial score (nSPS) is 25.0. The summed E-state index contributed by atoms with van der Waals surface area (Å²) in [7, 11) is -5.01. The summed E-state index contributed by atoms with van der Waals surface area (Å²) in [6.07, 6.45) is 0.581. The Morgan fingerprint density at radius 1 is 1.08 bits per heavy atom. The molecular formula is C18H39O6PSi. The minimum absolute atomic E-state index is 0.0280. The summed E-state index contributed by atoms with van der Waals surface area (Å²) in [5.74, 6) is 0.0280. The van der Waals surface area contributed by atoms with E-state index in [0.717, 1.165) is 0 Å². The van der Waals surface area contributed by atoms with Gasteiger partial charge < -0.3 is 22.9 Å². The maximum Gasteiger partial charge on any atom is 0.331 e. The lowest BCUT2D eigenvalue weighted by Crippen LogP contribution is -2.43. The third-order valence-electron chi connectivity index (χ3n) is 5.22. The van der Waals surface area contributed by atoms with Crippen LogP contribution in [0.4, 0.5) is 0 Å². The predicted octanol–water partition coefficient (Wildman–Crippen LogP) is 5.04. The molecule has 6 nitrogen and oxygen atoms in total. The Balaban J connectivity index is 2.83. The van der Waals surface area contributed by atoms with Crippen molar-refractivity contribution < 1.29 is 27.5 Å². The molecule has 1 aliphatic heterocycles. The molecule has 0 aromatic carbocycles. The van der Waals surface area contributed by atoms with Gasteiger partial charge in [0, 0.05) is 18.9 Å². The van der Waals surface area contributed by atoms with Crippen LogP contribution >= 0.6 is 7.60 Å². The average Bonchev–Trinajstić information content (AvgIpc) is 2.86. The largest absolute Gasteiger partial charge is 0.414 e. The molecule has 1 unspecified atom stereocenters. The van der Waals surface area contributed by atoms with Crippen molar-refractivity contribution in [3.63, 3.8) is 0 Å². The number of ether oxygens (including phenoxy) is 2. The van der Waals surface area contributed by atoms with Gasteiger partial charge in [0.2, 0.25) is 0 Å². The molecule has 0 aliphatic carbocycles. The maximum absolute atomic E-state index is 13.0. The van der Waals surface area contributed by atoms with E-state index in [1.807, 2.05) is 20.8 Å². The summed E-state index contributed by atoms with van der Waals surface area (Å²) in [6, 6.07) is 0. The van der Waals surface area contributed by atoms with Gasteiger partial charge in [-0.25, -0.2) is 0 Å². The summed E-state index contributed by atoms with van der Waals surface area (Å²) in [6.45, 7) is 18.5. The molecule has 8 heteroatoms. The van der Waals surface area contributed by atoms with Crippen LogP contribution in [0.5, 0.6) is 0 Å². The van der Waals surface area contributed by atoms with Crippen molar-refractivity contribution in [1.82, 2.24) is 0 Å². The van der Waals surface area contributed by atoms with Crippen LogP contribution in [0, 0.1) is 5.92 Å². The summed E-state index contributed by atoms with van der Waals surface area (Å²) in [5, 5.41) is 0.131. The van der Waals surface area contributed by atoms with Gasteiger partial charge in [0.15, 0.2) is 14.6 Å². The van der Waals surface area contributed by atoms with Crippen LogP contribution in [0.25, 0.3) is 0 Å². The van der Waals surface area contributed by atoms with Gasteiger partial charge in [-0.3, -0.25) is 4.57 Å². The summed E-state index contributed by atoms with van der Waals surface area (Å²) in [4.78, 5) is 0. The monoisotopic (exact) mass is 410 g/mol. The van der Waals surface area contributed by atoms with E-state index >= 15 is 0 Å². The van der Waals surface area contributed by atoms with Crippen molar-refractivity contribution in [3.8, 4) is 0 Å². The highest BCUT2D eigenvalue weighted by Gasteiger charge is 2.43. The molecule has 0 saturated carbocycles. The smallest absolute Gasteiger partial charge is 0.331 e. The highest BCUT2D eigenvalue weighted by atomic mass is 31.2. The first-order valence-electron chi connectivity index (χ1n) is 9.77. The topological polar surface area (TPSA) is 63.2 Å². The molecule has 0 radical (unpaired) electrons. The fourth-order valence-corrected chi connectivity index (χ4v) is 5.80. The van der Waals surface area contributed by atoms with Crippen molar-refractivity contribution in [3.05, 3.63) is 0 Å². The van der Waals surface area contributed by atoms with Crippen LogP contribution in [0.1, 0.15) is 48.0 Å². The molecule has 0 aromatic rings. The van der Waals surface area contributed by atoms with Gasteiger partial charge in [-0.1, -0.05) is 20.8 Å². The lowest BCUT2D eigenvalue weighted by molar-refractivity contribution is -0.137. The highest BCUT2D eigenvalue weighted by Crippen LogP contribution is 2.52. The number of hydrogen-bond acceptors (Lipinski definition) is 6. The van der Waals surface area contributed by atoms with Crippen LogP contribution in [-0.2, 0) is 27.5 Å². The van der Waals surface area contributed by atoms with E-state index in [0.29, 0.717) is 39.0 Å². The van der Waals surface area contributed by atoms with Gasteiger partial charge in [0.25, 0.3) is 0 Å². The zero-order chi connectivity index (χ0) is 20.0. The van der Waals surface area contributed by atoms with Crippen LogP contribution in [-0.4, -0.2) is 53.3 Å².